The molecule has 2 aliphatic heterocycles. The largest absolute Gasteiger partial charge is 0.508 e. The summed E-state index contributed by atoms with van der Waals surface area (Å²) < 4.78 is 37.7. The van der Waals surface area contributed by atoms with Gasteiger partial charge in [0.15, 0.2) is 0 Å². The third-order valence-electron chi connectivity index (χ3n) is 14.0. The summed E-state index contributed by atoms with van der Waals surface area (Å²) in [6.45, 7) is 6.59. The number of halogens is 3. The van der Waals surface area contributed by atoms with Crippen molar-refractivity contribution >= 4 is 23.8 Å². The van der Waals surface area contributed by atoms with Gasteiger partial charge in [0, 0.05) is 37.5 Å². The molecule has 3 fully saturated rings. The minimum atomic E-state index is -5.08. The highest BCUT2D eigenvalue weighted by Crippen LogP contribution is 2.56. The Morgan fingerprint density at radius 3 is 2.31 bits per heavy atom. The minimum absolute atomic E-state index is 0.0188. The van der Waals surface area contributed by atoms with Gasteiger partial charge >= 0.3 is 18.1 Å². The van der Waals surface area contributed by atoms with Crippen LogP contribution in [0.3, 0.4) is 0 Å². The summed E-state index contributed by atoms with van der Waals surface area (Å²) in [4.78, 5) is 54.2. The molecule has 61 heavy (non-hydrogen) atoms. The van der Waals surface area contributed by atoms with Gasteiger partial charge in [-0.2, -0.15) is 13.2 Å². The first-order chi connectivity index (χ1) is 29.0. The van der Waals surface area contributed by atoms with Crippen molar-refractivity contribution in [2.24, 2.45) is 17.6 Å². The van der Waals surface area contributed by atoms with Gasteiger partial charge in [-0.25, -0.2) is 4.79 Å². The molecule has 1 saturated heterocycles. The Hall–Kier alpha value is -4.95. The van der Waals surface area contributed by atoms with Gasteiger partial charge in [-0.1, -0.05) is 49.6 Å². The predicted molar refractivity (Wildman–Crippen MR) is 222 cm³/mol. The van der Waals surface area contributed by atoms with E-state index in [1.807, 2.05) is 44.2 Å². The SMILES string of the molecule is Cc1cc(O)cc(C)c1C[C@H](N)C(=O)N1Cc2ccccc2C[C@H]1C(=O)NCCC(=O)Oc1ccc2c(c1)[C@]13CCCC[C@H]1[C@H](C2)N(CC1CCC1)CC3.O=C(O)C(F)(F)F. The number of nitrogens with two attached hydrogens (primary N) is 1. The number of hydrogen-bond acceptors (Lipinski definition) is 8. The van der Waals surface area contributed by atoms with Crippen LogP contribution >= 0.6 is 0 Å². The molecule has 5 N–H and O–H groups in total. The van der Waals surface area contributed by atoms with E-state index >= 15 is 0 Å². The molecule has 5 atom stereocenters. The van der Waals surface area contributed by atoms with E-state index in [9.17, 15) is 32.7 Å². The molecule has 8 rings (SSSR count). The van der Waals surface area contributed by atoms with Gasteiger partial charge in [0.25, 0.3) is 0 Å². The summed E-state index contributed by atoms with van der Waals surface area (Å²) >= 11 is 0. The fourth-order valence-electron chi connectivity index (χ4n) is 10.8. The van der Waals surface area contributed by atoms with E-state index in [-0.39, 0.29) is 48.5 Å². The van der Waals surface area contributed by atoms with E-state index in [0.29, 0.717) is 30.6 Å². The number of carboxylic acids is 1. The maximum atomic E-state index is 13.9. The number of nitrogens with one attached hydrogen (secondary N) is 1. The van der Waals surface area contributed by atoms with Crippen molar-refractivity contribution in [1.29, 1.82) is 0 Å². The molecule has 2 amide bonds. The van der Waals surface area contributed by atoms with Crippen molar-refractivity contribution in [2.75, 3.05) is 19.6 Å². The van der Waals surface area contributed by atoms with Gasteiger partial charge in [0.1, 0.15) is 17.5 Å². The van der Waals surface area contributed by atoms with Crippen LogP contribution in [0, 0.1) is 25.7 Å². The van der Waals surface area contributed by atoms with Crippen molar-refractivity contribution in [3.63, 3.8) is 0 Å². The van der Waals surface area contributed by atoms with Crippen LogP contribution in [0.4, 0.5) is 13.2 Å². The van der Waals surface area contributed by atoms with Crippen molar-refractivity contribution in [1.82, 2.24) is 15.1 Å². The first kappa shape index (κ1) is 44.1. The second kappa shape index (κ2) is 18.2. The number of esters is 1. The molecule has 5 aliphatic rings. The lowest BCUT2D eigenvalue weighted by atomic mass is 9.52. The number of aliphatic carboxylic acids is 1. The van der Waals surface area contributed by atoms with Gasteiger partial charge < -0.3 is 30.9 Å². The number of aryl methyl sites for hydroxylation is 2. The van der Waals surface area contributed by atoms with Crippen LogP contribution in [0.15, 0.2) is 54.6 Å². The van der Waals surface area contributed by atoms with Crippen molar-refractivity contribution in [3.05, 3.63) is 93.5 Å². The molecule has 2 saturated carbocycles. The first-order valence-electron chi connectivity index (χ1n) is 21.6. The summed E-state index contributed by atoms with van der Waals surface area (Å²) in [6, 6.07) is 16.5. The summed E-state index contributed by atoms with van der Waals surface area (Å²) in [5.41, 5.74) is 14.2. The zero-order valence-electron chi connectivity index (χ0n) is 34.9. The molecular formula is C47H57F3N4O7. The van der Waals surface area contributed by atoms with E-state index < -0.39 is 24.2 Å². The Kier molecular flexibility index (Phi) is 13.1. The van der Waals surface area contributed by atoms with Crippen LogP contribution in [0.1, 0.15) is 96.7 Å². The van der Waals surface area contributed by atoms with Gasteiger partial charge in [0.2, 0.25) is 11.8 Å². The molecule has 11 nitrogen and oxygen atoms in total. The fourth-order valence-corrected chi connectivity index (χ4v) is 10.8. The average molecular weight is 847 g/mol. The molecule has 0 unspecified atom stereocenters. The second-order valence-corrected chi connectivity index (χ2v) is 17.8. The standard InChI is InChI=1S/C45H56N4O5.C2HF3O2/c1-28-20-34(50)21-29(2)36(28)25-39(46)44(53)49-27-33-11-4-3-10-31(33)22-41(49)43(52)47-18-15-42(51)54-35-14-13-32-23-40-37-12-5-6-16-45(37,38(32)24-35)17-19-48(40)26-30-8-7-9-30;3-2(4,5)1(6)7/h3-4,10-11,13-14,20-21,24,30,37,39-41,50H,5-9,12,15-19,22-23,25-27,46H2,1-2H3,(H,47,52);(H,6,7)/t37-,39-,40-,41-,45-;/m0./s1. The number of alkyl halides is 3. The number of piperidine rings is 1. The van der Waals surface area contributed by atoms with E-state index in [2.05, 4.69) is 22.3 Å². The summed E-state index contributed by atoms with van der Waals surface area (Å²) in [6.07, 6.45) is 7.09. The number of likely N-dealkylation sites (tertiary alicyclic amines) is 1. The number of carbonyl (C=O) groups is 4. The van der Waals surface area contributed by atoms with E-state index in [4.69, 9.17) is 20.4 Å². The number of hydrogen-bond donors (Lipinski definition) is 4. The van der Waals surface area contributed by atoms with Crippen molar-refractivity contribution in [3.8, 4) is 11.5 Å². The number of aromatic hydroxyl groups is 1. The molecule has 0 spiro atoms. The number of phenolic OH excluding ortho intramolecular Hbond substituents is 1. The molecular weight excluding hydrogens is 790 g/mol. The third kappa shape index (κ3) is 9.60. The molecule has 0 radical (unpaired) electrons. The quantitative estimate of drug-likeness (QED) is 0.133. The summed E-state index contributed by atoms with van der Waals surface area (Å²) in [5, 5.41) is 20.1. The highest BCUT2D eigenvalue weighted by Gasteiger charge is 2.54. The van der Waals surface area contributed by atoms with Crippen LogP contribution in [0.25, 0.3) is 0 Å². The average Bonchev–Trinajstić information content (AvgIpc) is 3.20. The lowest BCUT2D eigenvalue weighted by Gasteiger charge is -2.59. The fraction of sp³-hybridized carbons (Fsp3) is 0.532. The first-order valence-corrected chi connectivity index (χ1v) is 21.6. The molecule has 328 valence electrons. The number of benzene rings is 3. The molecule has 3 aromatic rings. The number of amides is 2. The maximum Gasteiger partial charge on any atom is 0.490 e. The maximum absolute atomic E-state index is 13.9. The molecule has 14 heteroatoms. The minimum Gasteiger partial charge on any atom is -0.508 e. The number of rotatable bonds is 10. The number of fused-ring (bicyclic) bond motifs is 2. The number of carboxylic acid groups (broad SMARTS) is 1. The van der Waals surface area contributed by atoms with Gasteiger partial charge in [0.05, 0.1) is 12.5 Å². The molecule has 2 bridgehead atoms. The molecule has 3 aromatic carbocycles. The molecule has 3 aliphatic carbocycles. The van der Waals surface area contributed by atoms with E-state index in [1.165, 1.54) is 75.6 Å². The third-order valence-corrected chi connectivity index (χ3v) is 14.0. The smallest absolute Gasteiger partial charge is 0.490 e. The van der Waals surface area contributed by atoms with E-state index in [1.54, 1.807) is 17.0 Å². The van der Waals surface area contributed by atoms with Crippen LogP contribution in [0.2, 0.25) is 0 Å². The number of nitrogens with zero attached hydrogens (tertiary/aromatic N) is 2. The molecule has 0 aromatic heterocycles. The number of carbonyl (C=O) groups excluding carboxylic acids is 3. The summed E-state index contributed by atoms with van der Waals surface area (Å²) in [7, 11) is 0. The Balaban J connectivity index is 0.000000739. The monoisotopic (exact) mass is 846 g/mol. The Morgan fingerprint density at radius 1 is 0.934 bits per heavy atom. The topological polar surface area (TPSA) is 162 Å². The predicted octanol–water partition coefficient (Wildman–Crippen LogP) is 6.44. The van der Waals surface area contributed by atoms with Crippen LogP contribution in [-0.4, -0.2) is 87.7 Å². The van der Waals surface area contributed by atoms with Gasteiger partial charge in [-0.3, -0.25) is 19.3 Å². The Labute approximate surface area is 354 Å². The van der Waals surface area contributed by atoms with Gasteiger partial charge in [-0.15, -0.1) is 0 Å². The highest BCUT2D eigenvalue weighted by atomic mass is 19.4. The second-order valence-electron chi connectivity index (χ2n) is 17.8. The van der Waals surface area contributed by atoms with Crippen molar-refractivity contribution < 1.29 is 47.3 Å². The van der Waals surface area contributed by atoms with E-state index in [0.717, 1.165) is 40.2 Å². The lowest BCUT2D eigenvalue weighted by Crippen LogP contribution is -2.61. The number of ether oxygens (including phenoxy) is 1. The van der Waals surface area contributed by atoms with Crippen molar-refractivity contribution in [2.45, 2.75) is 127 Å². The molecule has 2 heterocycles. The Morgan fingerprint density at radius 2 is 1.64 bits per heavy atom. The van der Waals surface area contributed by atoms with Crippen LogP contribution < -0.4 is 15.8 Å². The zero-order valence-corrected chi connectivity index (χ0v) is 34.9. The van der Waals surface area contributed by atoms with Crippen LogP contribution in [0.5, 0.6) is 11.5 Å². The lowest BCUT2D eigenvalue weighted by molar-refractivity contribution is -0.192. The highest BCUT2D eigenvalue weighted by molar-refractivity contribution is 5.91. The van der Waals surface area contributed by atoms with Crippen LogP contribution in [-0.2, 0) is 50.4 Å². The van der Waals surface area contributed by atoms with Gasteiger partial charge in [-0.05, 0) is 140 Å². The summed E-state index contributed by atoms with van der Waals surface area (Å²) in [5.74, 6) is -1.45. The Bertz CT molecular complexity index is 2120. The normalized spacial score (nSPS) is 23.8. The zero-order chi connectivity index (χ0) is 43.6. The number of phenols is 1.